The lowest BCUT2D eigenvalue weighted by Gasteiger charge is -2.39. The number of carbonyl (C=O) groups excluding carboxylic acids is 1. The summed E-state index contributed by atoms with van der Waals surface area (Å²) in [6.07, 6.45) is 1.82. The number of aromatic nitrogens is 2. The smallest absolute Gasteiger partial charge is 0.233 e. The van der Waals surface area contributed by atoms with Crippen LogP contribution >= 0.6 is 11.8 Å². The van der Waals surface area contributed by atoms with E-state index >= 15 is 0 Å². The zero-order valence-corrected chi connectivity index (χ0v) is 20.3. The third-order valence-corrected chi connectivity index (χ3v) is 7.61. The third kappa shape index (κ3) is 6.38. The van der Waals surface area contributed by atoms with Crippen molar-refractivity contribution in [2.45, 2.75) is 25.1 Å². The number of imidazole rings is 1. The van der Waals surface area contributed by atoms with Gasteiger partial charge in [0, 0.05) is 56.6 Å². The molecule has 0 saturated carbocycles. The molecule has 0 bridgehead atoms. The first kappa shape index (κ1) is 26.0. The van der Waals surface area contributed by atoms with Crippen molar-refractivity contribution in [3.05, 3.63) is 41.9 Å². The number of thioether (sulfide) groups is 1. The predicted molar refractivity (Wildman–Crippen MR) is 130 cm³/mol. The number of nitrogens with two attached hydrogens (primary N) is 1. The summed E-state index contributed by atoms with van der Waals surface area (Å²) in [7, 11) is 0. The lowest BCUT2D eigenvalue weighted by molar-refractivity contribution is -0.134. The van der Waals surface area contributed by atoms with Crippen LogP contribution in [-0.4, -0.2) is 77.8 Å². The Labute approximate surface area is 207 Å². The number of hydrogen-bond acceptors (Lipinski definition) is 6. The molecule has 1 aromatic carbocycles. The van der Waals surface area contributed by atoms with Crippen LogP contribution in [0.25, 0.3) is 11.3 Å². The predicted octanol–water partition coefficient (Wildman–Crippen LogP) is 2.90. The monoisotopic (exact) mass is 511 g/mol. The number of carbonyl (C=O) groups is 1. The topological polar surface area (TPSA) is 96.3 Å². The summed E-state index contributed by atoms with van der Waals surface area (Å²) in [5.41, 5.74) is 5.99. The summed E-state index contributed by atoms with van der Waals surface area (Å²) in [4.78, 5) is 22.9. The van der Waals surface area contributed by atoms with E-state index in [1.165, 1.54) is 18.0 Å². The van der Waals surface area contributed by atoms with Crippen molar-refractivity contribution in [2.75, 3.05) is 50.9 Å². The quantitative estimate of drug-likeness (QED) is 0.425. The molecule has 2 aromatic rings. The largest absolute Gasteiger partial charge is 0.381 e. The maximum Gasteiger partial charge on any atom is 0.233 e. The van der Waals surface area contributed by atoms with E-state index in [0.717, 1.165) is 18.2 Å². The Balaban J connectivity index is 1.68. The summed E-state index contributed by atoms with van der Waals surface area (Å²) >= 11 is 1.44. The minimum atomic E-state index is -1.05. The highest BCUT2D eigenvalue weighted by Crippen LogP contribution is 2.36. The molecule has 0 spiro atoms. The molecule has 2 fully saturated rings. The van der Waals surface area contributed by atoms with E-state index in [2.05, 4.69) is 15.3 Å². The van der Waals surface area contributed by atoms with E-state index in [4.69, 9.17) is 10.5 Å². The van der Waals surface area contributed by atoms with Crippen molar-refractivity contribution < 1.29 is 22.7 Å². The van der Waals surface area contributed by atoms with Gasteiger partial charge in [-0.25, -0.2) is 18.2 Å². The molecular formula is C24H32F3N5O2S. The van der Waals surface area contributed by atoms with Crippen molar-refractivity contribution >= 4 is 17.7 Å². The van der Waals surface area contributed by atoms with Gasteiger partial charge in [-0.15, -0.1) is 0 Å². The molecule has 4 N–H and O–H groups in total. The normalized spacial score (nSPS) is 21.8. The van der Waals surface area contributed by atoms with Gasteiger partial charge in [0.15, 0.2) is 0 Å². The summed E-state index contributed by atoms with van der Waals surface area (Å²) in [5.74, 6) is -0.222. The average Bonchev–Trinajstić information content (AvgIpc) is 3.50. The molecule has 4 rings (SSSR count). The van der Waals surface area contributed by atoms with Gasteiger partial charge >= 0.3 is 0 Å². The maximum atomic E-state index is 14.6. The number of alkyl halides is 1. The molecule has 3 unspecified atom stereocenters. The van der Waals surface area contributed by atoms with E-state index in [1.807, 2.05) is 0 Å². The lowest BCUT2D eigenvalue weighted by atomic mass is 9.89. The van der Waals surface area contributed by atoms with Gasteiger partial charge in [0.1, 0.15) is 23.6 Å². The minimum absolute atomic E-state index is 0.0241. The van der Waals surface area contributed by atoms with E-state index in [9.17, 15) is 18.0 Å². The van der Waals surface area contributed by atoms with Gasteiger partial charge in [-0.1, -0.05) is 0 Å². The van der Waals surface area contributed by atoms with Crippen molar-refractivity contribution in [3.63, 3.8) is 0 Å². The van der Waals surface area contributed by atoms with Crippen LogP contribution in [0.5, 0.6) is 0 Å². The minimum Gasteiger partial charge on any atom is -0.381 e. The number of aromatic amines is 1. The van der Waals surface area contributed by atoms with Gasteiger partial charge in [-0.05, 0) is 37.0 Å². The van der Waals surface area contributed by atoms with E-state index < -0.39 is 23.8 Å². The highest BCUT2D eigenvalue weighted by Gasteiger charge is 2.39. The van der Waals surface area contributed by atoms with Gasteiger partial charge in [-0.2, -0.15) is 11.8 Å². The molecule has 3 heterocycles. The molecule has 2 saturated heterocycles. The molecule has 192 valence electrons. The average molecular weight is 512 g/mol. The lowest BCUT2D eigenvalue weighted by Crippen LogP contribution is -2.45. The zero-order valence-electron chi connectivity index (χ0n) is 19.5. The van der Waals surface area contributed by atoms with Crippen molar-refractivity contribution in [1.29, 1.82) is 0 Å². The SMILES string of the molecule is NCCSCC(=O)N(CC1CNCC1F)C(c1ncc(-c2cc(F)ccc2F)[nH]1)C1CCOCC1. The zero-order chi connectivity index (χ0) is 24.8. The number of halogens is 3. The molecule has 1 aromatic heterocycles. The molecule has 3 atom stereocenters. The van der Waals surface area contributed by atoms with Crippen LogP contribution in [0.2, 0.25) is 0 Å². The number of ether oxygens (including phenoxy) is 1. The Kier molecular flexibility index (Phi) is 9.10. The maximum absolute atomic E-state index is 14.6. The Bertz CT molecular complexity index is 988. The second-order valence-corrected chi connectivity index (χ2v) is 10.1. The van der Waals surface area contributed by atoms with Gasteiger partial charge in [0.2, 0.25) is 5.91 Å². The van der Waals surface area contributed by atoms with Crippen LogP contribution in [0.3, 0.4) is 0 Å². The highest BCUT2D eigenvalue weighted by molar-refractivity contribution is 7.99. The van der Waals surface area contributed by atoms with Gasteiger partial charge in [-0.3, -0.25) is 4.79 Å². The first-order chi connectivity index (χ1) is 17.0. The van der Waals surface area contributed by atoms with Crippen molar-refractivity contribution in [2.24, 2.45) is 17.6 Å². The molecule has 35 heavy (non-hydrogen) atoms. The number of amides is 1. The Hall–Kier alpha value is -2.08. The second kappa shape index (κ2) is 12.2. The van der Waals surface area contributed by atoms with E-state index in [0.29, 0.717) is 56.4 Å². The standard InChI is InChI=1S/C24H32F3N5O2S/c25-17-1-2-19(26)18(9-17)21-12-30-24(31-21)23(15-3-6-34-7-4-15)32(22(33)14-35-8-5-28)13-16-10-29-11-20(16)27/h1-2,9,12,15-16,20,23,29H,3-8,10-11,13-14,28H2,(H,30,31). The molecule has 0 aliphatic carbocycles. The highest BCUT2D eigenvalue weighted by atomic mass is 32.2. The fraction of sp³-hybridized carbons (Fsp3) is 0.583. The number of rotatable bonds is 10. The van der Waals surface area contributed by atoms with Crippen LogP contribution in [0.1, 0.15) is 24.7 Å². The number of nitrogens with zero attached hydrogens (tertiary/aromatic N) is 2. The second-order valence-electron chi connectivity index (χ2n) is 9.02. The number of hydrogen-bond donors (Lipinski definition) is 3. The summed E-state index contributed by atoms with van der Waals surface area (Å²) < 4.78 is 48.4. The van der Waals surface area contributed by atoms with E-state index in [1.54, 1.807) is 4.90 Å². The molecule has 1 amide bonds. The summed E-state index contributed by atoms with van der Waals surface area (Å²) in [6.45, 7) is 2.55. The van der Waals surface area contributed by atoms with Crippen molar-refractivity contribution in [3.8, 4) is 11.3 Å². The summed E-state index contributed by atoms with van der Waals surface area (Å²) in [5, 5.41) is 3.06. The Morgan fingerprint density at radius 1 is 1.29 bits per heavy atom. The first-order valence-electron chi connectivity index (χ1n) is 12.0. The number of nitrogens with one attached hydrogen (secondary N) is 2. The summed E-state index contributed by atoms with van der Waals surface area (Å²) in [6, 6.07) is 2.77. The van der Waals surface area contributed by atoms with Crippen molar-refractivity contribution in [1.82, 2.24) is 20.2 Å². The Morgan fingerprint density at radius 2 is 2.09 bits per heavy atom. The van der Waals surface area contributed by atoms with Crippen LogP contribution in [0.4, 0.5) is 13.2 Å². The third-order valence-electron chi connectivity index (χ3n) is 6.64. The first-order valence-corrected chi connectivity index (χ1v) is 13.1. The molecule has 0 radical (unpaired) electrons. The molecule has 2 aliphatic heterocycles. The number of benzene rings is 1. The van der Waals surface area contributed by atoms with E-state index in [-0.39, 0.29) is 42.1 Å². The Morgan fingerprint density at radius 3 is 2.80 bits per heavy atom. The molecule has 7 nitrogen and oxygen atoms in total. The fourth-order valence-electron chi connectivity index (χ4n) is 4.81. The molecule has 11 heteroatoms. The van der Waals surface area contributed by atoms with Gasteiger partial charge in [0.25, 0.3) is 0 Å². The van der Waals surface area contributed by atoms with Crippen LogP contribution in [-0.2, 0) is 9.53 Å². The fourth-order valence-corrected chi connectivity index (χ4v) is 5.47. The van der Waals surface area contributed by atoms with Gasteiger partial charge < -0.3 is 25.7 Å². The van der Waals surface area contributed by atoms with Gasteiger partial charge in [0.05, 0.1) is 23.7 Å². The molecule has 2 aliphatic rings. The van der Waals surface area contributed by atoms with Crippen LogP contribution < -0.4 is 11.1 Å². The van der Waals surface area contributed by atoms with Crippen LogP contribution in [0, 0.1) is 23.5 Å². The van der Waals surface area contributed by atoms with Crippen LogP contribution in [0.15, 0.2) is 24.4 Å². The number of H-pyrrole nitrogens is 1. The molecular weight excluding hydrogens is 479 g/mol.